The Morgan fingerprint density at radius 3 is 2.23 bits per heavy atom. The number of nitrogens with zero attached hydrogens (tertiary/aromatic N) is 1. The van der Waals surface area contributed by atoms with Gasteiger partial charge in [0.15, 0.2) is 6.61 Å². The molecule has 0 saturated carbocycles. The number of carbonyl (C=O) groups excluding carboxylic acids is 1. The minimum absolute atomic E-state index is 0.0374. The van der Waals surface area contributed by atoms with Crippen molar-refractivity contribution in [3.05, 3.63) is 44.5 Å². The minimum Gasteiger partial charge on any atom is -0.454 e. The maximum absolute atomic E-state index is 12.8. The van der Waals surface area contributed by atoms with Crippen LogP contribution in [0.25, 0.3) is 0 Å². The van der Waals surface area contributed by atoms with E-state index in [0.717, 1.165) is 12.1 Å². The van der Waals surface area contributed by atoms with Crippen molar-refractivity contribution in [2.45, 2.75) is 39.4 Å². The van der Waals surface area contributed by atoms with Gasteiger partial charge in [-0.2, -0.15) is 13.2 Å². The number of esters is 1. The molecule has 1 rings (SSSR count). The van der Waals surface area contributed by atoms with E-state index in [9.17, 15) is 28.1 Å². The number of halogens is 3. The maximum atomic E-state index is 12.8. The molecule has 0 spiro atoms. The zero-order valence-electron chi connectivity index (χ0n) is 12.6. The van der Waals surface area contributed by atoms with Crippen LogP contribution in [-0.2, 0) is 10.9 Å². The number of nitro groups is 1. The van der Waals surface area contributed by atoms with Gasteiger partial charge in [0.05, 0.1) is 11.1 Å². The highest BCUT2D eigenvalue weighted by Crippen LogP contribution is 2.34. The Morgan fingerprint density at radius 1 is 1.23 bits per heavy atom. The molecule has 0 unspecified atom stereocenters. The molecule has 122 valence electrons. The van der Waals surface area contributed by atoms with E-state index in [1.807, 2.05) is 0 Å². The number of carbonyl (C=O) groups is 1. The first-order valence-corrected chi connectivity index (χ1v) is 6.37. The molecule has 0 radical (unpaired) electrons. The molecular formula is C14H16F3NO4. The number of ether oxygens (including phenoxy) is 1. The molecule has 0 fully saturated rings. The summed E-state index contributed by atoms with van der Waals surface area (Å²) in [7, 11) is 0. The molecule has 0 aliphatic rings. The molecule has 0 heterocycles. The highest BCUT2D eigenvalue weighted by molar-refractivity contribution is 5.91. The van der Waals surface area contributed by atoms with Gasteiger partial charge in [-0.05, 0) is 37.1 Å². The van der Waals surface area contributed by atoms with Gasteiger partial charge >= 0.3 is 12.1 Å². The van der Waals surface area contributed by atoms with Gasteiger partial charge < -0.3 is 4.74 Å². The first kappa shape index (κ1) is 17.9. The molecular weight excluding hydrogens is 303 g/mol. The minimum atomic E-state index is -4.51. The van der Waals surface area contributed by atoms with Crippen molar-refractivity contribution in [1.29, 1.82) is 0 Å². The summed E-state index contributed by atoms with van der Waals surface area (Å²) in [5, 5.41) is 10.7. The Kier molecular flexibility index (Phi) is 4.84. The van der Waals surface area contributed by atoms with Gasteiger partial charge in [0.2, 0.25) is 5.54 Å². The summed E-state index contributed by atoms with van der Waals surface area (Å²) in [6.07, 6.45) is -4.51. The third-order valence-electron chi connectivity index (χ3n) is 3.36. The van der Waals surface area contributed by atoms with Gasteiger partial charge in [0.25, 0.3) is 0 Å². The summed E-state index contributed by atoms with van der Waals surface area (Å²) in [6, 6.07) is 1.82. The Morgan fingerprint density at radius 2 is 1.77 bits per heavy atom. The van der Waals surface area contributed by atoms with E-state index in [2.05, 4.69) is 0 Å². The summed E-state index contributed by atoms with van der Waals surface area (Å²) in [5.41, 5.74) is -2.27. The van der Waals surface area contributed by atoms with Crippen LogP contribution in [0.5, 0.6) is 0 Å². The van der Waals surface area contributed by atoms with Crippen LogP contribution in [-0.4, -0.2) is 23.0 Å². The van der Waals surface area contributed by atoms with E-state index in [1.54, 1.807) is 0 Å². The van der Waals surface area contributed by atoms with Crippen LogP contribution in [0, 0.1) is 24.0 Å². The second-order valence-electron chi connectivity index (χ2n) is 5.55. The number of rotatable bonds is 4. The fourth-order valence-corrected chi connectivity index (χ4v) is 1.72. The zero-order valence-corrected chi connectivity index (χ0v) is 12.6. The van der Waals surface area contributed by atoms with E-state index >= 15 is 0 Å². The summed E-state index contributed by atoms with van der Waals surface area (Å²) >= 11 is 0. The number of hydrogen-bond donors (Lipinski definition) is 0. The Hall–Kier alpha value is -2.12. The van der Waals surface area contributed by atoms with Gasteiger partial charge in [0, 0.05) is 18.8 Å². The van der Waals surface area contributed by atoms with Crippen molar-refractivity contribution >= 4 is 5.97 Å². The van der Waals surface area contributed by atoms with E-state index in [1.165, 1.54) is 27.7 Å². The van der Waals surface area contributed by atoms with Crippen LogP contribution in [0.1, 0.15) is 40.9 Å². The fraction of sp³-hybridized carbons (Fsp3) is 0.500. The first-order valence-electron chi connectivity index (χ1n) is 6.37. The van der Waals surface area contributed by atoms with E-state index in [-0.39, 0.29) is 16.7 Å². The standard InChI is InChI=1S/C14H16F3NO4/c1-8-9(2)11(14(15,16)17)6-5-10(8)12(19)22-7-13(3,4)18(20)21/h5-6H,7H2,1-4H3. The SMILES string of the molecule is Cc1c(C(=O)OCC(C)(C)[N+](=O)[O-])ccc(C(F)(F)F)c1C. The molecule has 0 bridgehead atoms. The molecule has 0 aromatic heterocycles. The molecule has 0 N–H and O–H groups in total. The van der Waals surface area contributed by atoms with Crippen molar-refractivity contribution in [3.8, 4) is 0 Å². The molecule has 8 heteroatoms. The summed E-state index contributed by atoms with van der Waals surface area (Å²) in [6.45, 7) is 4.73. The quantitative estimate of drug-likeness (QED) is 0.483. The molecule has 0 aliphatic carbocycles. The molecule has 1 aromatic carbocycles. The van der Waals surface area contributed by atoms with Crippen LogP contribution in [0.4, 0.5) is 13.2 Å². The van der Waals surface area contributed by atoms with Crippen LogP contribution in [0.3, 0.4) is 0 Å². The summed E-state index contributed by atoms with van der Waals surface area (Å²) in [4.78, 5) is 22.1. The van der Waals surface area contributed by atoms with Crippen LogP contribution in [0.15, 0.2) is 12.1 Å². The Labute approximate surface area is 125 Å². The third-order valence-corrected chi connectivity index (χ3v) is 3.36. The fourth-order valence-electron chi connectivity index (χ4n) is 1.72. The summed E-state index contributed by atoms with van der Waals surface area (Å²) < 4.78 is 43.1. The summed E-state index contributed by atoms with van der Waals surface area (Å²) in [5.74, 6) is -0.885. The normalized spacial score (nSPS) is 12.1. The number of alkyl halides is 3. The van der Waals surface area contributed by atoms with Gasteiger partial charge in [-0.15, -0.1) is 0 Å². The van der Waals surface area contributed by atoms with Gasteiger partial charge in [-0.1, -0.05) is 0 Å². The topological polar surface area (TPSA) is 69.4 Å². The van der Waals surface area contributed by atoms with Crippen molar-refractivity contribution < 1.29 is 27.6 Å². The smallest absolute Gasteiger partial charge is 0.416 e. The molecule has 0 amide bonds. The van der Waals surface area contributed by atoms with E-state index in [4.69, 9.17) is 4.74 Å². The lowest BCUT2D eigenvalue weighted by Gasteiger charge is -2.17. The van der Waals surface area contributed by atoms with E-state index < -0.39 is 34.8 Å². The lowest BCUT2D eigenvalue weighted by molar-refractivity contribution is -0.563. The Balaban J connectivity index is 3.02. The van der Waals surface area contributed by atoms with Crippen molar-refractivity contribution in [2.24, 2.45) is 0 Å². The molecule has 0 saturated heterocycles. The first-order chi connectivity index (χ1) is 9.88. The average Bonchev–Trinajstić information content (AvgIpc) is 2.37. The highest BCUT2D eigenvalue weighted by Gasteiger charge is 2.35. The number of benzene rings is 1. The Bertz CT molecular complexity index is 609. The number of hydrogen-bond acceptors (Lipinski definition) is 4. The van der Waals surface area contributed by atoms with E-state index in [0.29, 0.717) is 0 Å². The predicted octanol–water partition coefficient (Wildman–Crippen LogP) is 3.53. The van der Waals surface area contributed by atoms with Gasteiger partial charge in [-0.25, -0.2) is 4.79 Å². The largest absolute Gasteiger partial charge is 0.454 e. The molecule has 1 aromatic rings. The lowest BCUT2D eigenvalue weighted by atomic mass is 9.97. The molecule has 22 heavy (non-hydrogen) atoms. The van der Waals surface area contributed by atoms with Crippen LogP contribution in [0.2, 0.25) is 0 Å². The van der Waals surface area contributed by atoms with Gasteiger partial charge in [0.1, 0.15) is 0 Å². The van der Waals surface area contributed by atoms with Crippen molar-refractivity contribution in [2.75, 3.05) is 6.61 Å². The van der Waals surface area contributed by atoms with Crippen LogP contribution >= 0.6 is 0 Å². The van der Waals surface area contributed by atoms with Crippen molar-refractivity contribution in [1.82, 2.24) is 0 Å². The molecule has 0 atom stereocenters. The maximum Gasteiger partial charge on any atom is 0.416 e. The monoisotopic (exact) mass is 319 g/mol. The van der Waals surface area contributed by atoms with Crippen LogP contribution < -0.4 is 0 Å². The average molecular weight is 319 g/mol. The van der Waals surface area contributed by atoms with Gasteiger partial charge in [-0.3, -0.25) is 10.1 Å². The molecule has 5 nitrogen and oxygen atoms in total. The third kappa shape index (κ3) is 3.75. The highest BCUT2D eigenvalue weighted by atomic mass is 19.4. The zero-order chi connectivity index (χ0) is 17.3. The second kappa shape index (κ2) is 5.94. The lowest BCUT2D eigenvalue weighted by Crippen LogP contribution is -2.37. The molecule has 0 aliphatic heterocycles. The second-order valence-corrected chi connectivity index (χ2v) is 5.55. The van der Waals surface area contributed by atoms with Crippen molar-refractivity contribution in [3.63, 3.8) is 0 Å². The predicted molar refractivity (Wildman–Crippen MR) is 72.3 cm³/mol.